The maximum absolute atomic E-state index is 13.1. The second-order valence-electron chi connectivity index (χ2n) is 21.8. The molecule has 4 heterocycles. The number of aromatic amines is 2. The van der Waals surface area contributed by atoms with E-state index in [9.17, 15) is 19.2 Å². The molecule has 2 aromatic heterocycles. The molecular formula is C68H62N4O8. The quantitative estimate of drug-likeness (QED) is 0.112. The van der Waals surface area contributed by atoms with E-state index in [4.69, 9.17) is 28.9 Å². The number of H-pyrrole nitrogens is 2. The fourth-order valence-corrected chi connectivity index (χ4v) is 13.7. The van der Waals surface area contributed by atoms with Gasteiger partial charge in [0.1, 0.15) is 0 Å². The number of allylic oxidation sites excluding steroid dienone is 4. The Kier molecular flexibility index (Phi) is 13.3. The van der Waals surface area contributed by atoms with Crippen molar-refractivity contribution in [1.82, 2.24) is 9.97 Å². The smallest absolute Gasteiger partial charge is 0.337 e. The third-order valence-corrected chi connectivity index (χ3v) is 17.5. The predicted molar refractivity (Wildman–Crippen MR) is 308 cm³/mol. The molecule has 2 aliphatic heterocycles. The topological polar surface area (TPSA) is 161 Å². The summed E-state index contributed by atoms with van der Waals surface area (Å²) in [7, 11) is 5.63. The third-order valence-electron chi connectivity index (χ3n) is 17.5. The summed E-state index contributed by atoms with van der Waals surface area (Å²) in [6, 6.07) is 31.1. The summed E-state index contributed by atoms with van der Waals surface area (Å²) < 4.78 is 20.9. The first-order valence-electron chi connectivity index (χ1n) is 28.3. The second kappa shape index (κ2) is 20.9. The van der Waals surface area contributed by atoms with Crippen molar-refractivity contribution in [3.05, 3.63) is 220 Å². The normalized spacial score (nSPS) is 17.6. The van der Waals surface area contributed by atoms with E-state index in [-0.39, 0.29) is 0 Å². The molecule has 0 saturated heterocycles. The van der Waals surface area contributed by atoms with Crippen LogP contribution in [0, 0.1) is 0 Å². The van der Waals surface area contributed by atoms with Crippen molar-refractivity contribution < 1.29 is 38.1 Å². The van der Waals surface area contributed by atoms with Crippen molar-refractivity contribution >= 4 is 57.6 Å². The van der Waals surface area contributed by atoms with Crippen LogP contribution >= 0.6 is 0 Å². The van der Waals surface area contributed by atoms with Crippen LogP contribution in [0.5, 0.6) is 0 Å². The van der Waals surface area contributed by atoms with Crippen LogP contribution in [-0.4, -0.2) is 73.7 Å². The van der Waals surface area contributed by atoms with Gasteiger partial charge in [0.2, 0.25) is 0 Å². The number of aliphatic imine (C=N–C) groups is 2. The number of ether oxygens (including phenoxy) is 4. The minimum absolute atomic E-state index is 0.405. The fourth-order valence-electron chi connectivity index (χ4n) is 13.7. The molecule has 12 nitrogen and oxygen atoms in total. The molecule has 5 aliphatic carbocycles. The average molecular weight is 1060 g/mol. The van der Waals surface area contributed by atoms with Crippen molar-refractivity contribution in [3.63, 3.8) is 0 Å². The lowest BCUT2D eigenvalue weighted by Gasteiger charge is -2.20. The summed E-state index contributed by atoms with van der Waals surface area (Å²) in [5.41, 5.74) is 24.9. The van der Waals surface area contributed by atoms with Gasteiger partial charge in [0, 0.05) is 22.3 Å². The first-order chi connectivity index (χ1) is 39.2. The first kappa shape index (κ1) is 50.8. The number of rotatable bonds is 8. The van der Waals surface area contributed by atoms with Gasteiger partial charge in [-0.15, -0.1) is 0 Å². The molecule has 0 fully saturated rings. The van der Waals surface area contributed by atoms with E-state index in [2.05, 4.69) is 9.97 Å². The van der Waals surface area contributed by atoms with Crippen LogP contribution in [0.15, 0.2) is 141 Å². The molecule has 0 spiro atoms. The van der Waals surface area contributed by atoms with E-state index in [1.165, 1.54) is 73.0 Å². The van der Waals surface area contributed by atoms with Gasteiger partial charge >= 0.3 is 23.9 Å². The molecular weight excluding hydrogens is 1000 g/mol. The molecule has 0 unspecified atom stereocenters. The molecule has 0 amide bonds. The van der Waals surface area contributed by atoms with Crippen LogP contribution in [0.25, 0.3) is 22.3 Å². The molecule has 6 aromatic rings. The minimum Gasteiger partial charge on any atom is -0.465 e. The number of carbonyl (C=O) groups is 4. The Morgan fingerprint density at radius 2 is 0.613 bits per heavy atom. The molecule has 2 N–H and O–H groups in total. The highest BCUT2D eigenvalue weighted by molar-refractivity contribution is 6.35. The number of nitrogens with zero attached hydrogens (tertiary/aromatic N) is 2. The second-order valence-corrected chi connectivity index (χ2v) is 21.8. The van der Waals surface area contributed by atoms with E-state index in [1.807, 2.05) is 97.1 Å². The third kappa shape index (κ3) is 8.49. The lowest BCUT2D eigenvalue weighted by Crippen LogP contribution is -2.25. The molecule has 402 valence electrons. The highest BCUT2D eigenvalue weighted by Gasteiger charge is 2.38. The molecule has 13 rings (SSSR count). The van der Waals surface area contributed by atoms with Gasteiger partial charge in [-0.2, -0.15) is 0 Å². The van der Waals surface area contributed by atoms with Crippen LogP contribution in [-0.2, 0) is 44.6 Å². The molecule has 0 saturated carbocycles. The van der Waals surface area contributed by atoms with Crippen molar-refractivity contribution in [2.45, 2.75) is 103 Å². The van der Waals surface area contributed by atoms with Gasteiger partial charge in [0.15, 0.2) is 0 Å². The van der Waals surface area contributed by atoms with Gasteiger partial charge in [0.05, 0.1) is 95.6 Å². The van der Waals surface area contributed by atoms with Crippen LogP contribution in [0.1, 0.15) is 174 Å². The van der Waals surface area contributed by atoms with Gasteiger partial charge in [-0.1, -0.05) is 48.5 Å². The number of carbonyl (C=O) groups excluding carboxylic acids is 4. The Bertz CT molecular complexity index is 3710. The van der Waals surface area contributed by atoms with E-state index < -0.39 is 23.9 Å². The number of esters is 4. The zero-order valence-corrected chi connectivity index (χ0v) is 45.7. The summed E-state index contributed by atoms with van der Waals surface area (Å²) in [6.07, 6.45) is 14.7. The summed E-state index contributed by atoms with van der Waals surface area (Å²) in [6.45, 7) is 0. The van der Waals surface area contributed by atoms with E-state index in [0.29, 0.717) is 22.3 Å². The van der Waals surface area contributed by atoms with E-state index in [0.717, 1.165) is 192 Å². The molecule has 80 heavy (non-hydrogen) atoms. The van der Waals surface area contributed by atoms with Gasteiger partial charge in [-0.05, 0) is 218 Å². The van der Waals surface area contributed by atoms with E-state index >= 15 is 0 Å². The Morgan fingerprint density at radius 1 is 0.338 bits per heavy atom. The monoisotopic (exact) mass is 1060 g/mol. The predicted octanol–water partition coefficient (Wildman–Crippen LogP) is 11.5. The van der Waals surface area contributed by atoms with Gasteiger partial charge in [-0.3, -0.25) is 0 Å². The first-order valence-corrected chi connectivity index (χ1v) is 28.3. The maximum Gasteiger partial charge on any atom is 0.337 e. The van der Waals surface area contributed by atoms with Gasteiger partial charge < -0.3 is 28.9 Å². The summed E-state index contributed by atoms with van der Waals surface area (Å²) in [5.74, 6) is -1.62. The standard InChI is InChI=1S/C68H62N4O8/c1-77-65(73)41-29-21-37(22-30-41)53-57-45-13-5-7-15-47(45)59(69-57)54(38-23-31-42(32-24-38)66(74)78-2)61-49-17-9-11-19-51(49)63(71-61)56(40-27-35-44(36-28-40)68(76)80-4)64-52-20-12-10-18-50(52)62(72-64)55(39-25-33-43(34-26-39)67(75)79-3)60-48-16-8-6-14-46(48)58(53)70-60/h21-36,69,72H,5-20H2,1-4H3. The fraction of sp³-hybridized carbons (Fsp3) is 0.294. The zero-order chi connectivity index (χ0) is 54.8. The highest BCUT2D eigenvalue weighted by Crippen LogP contribution is 2.50. The van der Waals surface area contributed by atoms with E-state index in [1.54, 1.807) is 0 Å². The summed E-state index contributed by atoms with van der Waals surface area (Å²) in [5, 5.41) is 1.99. The van der Waals surface area contributed by atoms with Crippen molar-refractivity contribution in [2.24, 2.45) is 9.98 Å². The van der Waals surface area contributed by atoms with Crippen molar-refractivity contribution in [3.8, 4) is 0 Å². The van der Waals surface area contributed by atoms with Gasteiger partial charge in [0.25, 0.3) is 0 Å². The Balaban J connectivity index is 1.24. The minimum atomic E-state index is -0.405. The number of benzene rings is 4. The lowest BCUT2D eigenvalue weighted by molar-refractivity contribution is 0.0592. The summed E-state index contributed by atoms with van der Waals surface area (Å²) in [4.78, 5) is 72.8. The zero-order valence-electron chi connectivity index (χ0n) is 45.7. The summed E-state index contributed by atoms with van der Waals surface area (Å²) >= 11 is 0. The van der Waals surface area contributed by atoms with Crippen LogP contribution in [0.2, 0.25) is 0 Å². The Morgan fingerprint density at radius 3 is 0.925 bits per heavy atom. The van der Waals surface area contributed by atoms with Crippen LogP contribution in [0.4, 0.5) is 0 Å². The lowest BCUT2D eigenvalue weighted by atomic mass is 9.82. The number of hydrogen-bond donors (Lipinski definition) is 2. The molecule has 0 radical (unpaired) electrons. The average Bonchev–Trinajstić information content (AvgIpc) is 4.37. The largest absolute Gasteiger partial charge is 0.465 e. The molecule has 8 bridgehead atoms. The molecule has 4 aromatic carbocycles. The van der Waals surface area contributed by atoms with Gasteiger partial charge in [-0.25, -0.2) is 29.2 Å². The molecule has 12 heteroatoms. The Labute approximate surface area is 464 Å². The number of nitrogens with one attached hydrogen (secondary N) is 2. The number of methoxy groups -OCH3 is 4. The molecule has 0 atom stereocenters. The van der Waals surface area contributed by atoms with Crippen LogP contribution in [0.3, 0.4) is 0 Å². The maximum atomic E-state index is 13.1. The number of aromatic nitrogens is 2. The number of hydrogen-bond acceptors (Lipinski definition) is 10. The van der Waals surface area contributed by atoms with Crippen molar-refractivity contribution in [2.75, 3.05) is 28.4 Å². The van der Waals surface area contributed by atoms with Crippen molar-refractivity contribution in [1.29, 1.82) is 0 Å². The Hall–Kier alpha value is -8.64. The molecule has 7 aliphatic rings. The highest BCUT2D eigenvalue weighted by atomic mass is 16.5. The SMILES string of the molecule is COC(=O)c1ccc(C2=C3N=C(C4=C3CCCC4)C(c3ccc(C(=O)OC)cc3)=c3[nH]c(c4c3CCCC4)=C(c3ccc(C(=O)OC)cc3)C3=NC(=C(c4ccc(C(=O)OC)cc4)c4[nH]c2c2c4CCCC2)C2=C3CCCC2)cc1. The van der Waals surface area contributed by atoms with Crippen LogP contribution < -0.4 is 10.7 Å².